The summed E-state index contributed by atoms with van der Waals surface area (Å²) in [4.78, 5) is 24.4. The van der Waals surface area contributed by atoms with Crippen LogP contribution in [-0.4, -0.2) is 26.1 Å². The summed E-state index contributed by atoms with van der Waals surface area (Å²) in [6.45, 7) is 3.96. The summed E-state index contributed by atoms with van der Waals surface area (Å²) in [6, 6.07) is 20.8. The van der Waals surface area contributed by atoms with Gasteiger partial charge in [-0.3, -0.25) is 4.79 Å². The molecule has 0 aliphatic carbocycles. The summed E-state index contributed by atoms with van der Waals surface area (Å²) in [5, 5.41) is 21.7. The van der Waals surface area contributed by atoms with Crippen LogP contribution >= 0.6 is 0 Å². The summed E-state index contributed by atoms with van der Waals surface area (Å²) >= 11 is 0. The highest BCUT2D eigenvalue weighted by Gasteiger charge is 2.16. The third-order valence-corrected chi connectivity index (χ3v) is 5.49. The maximum atomic E-state index is 12.8. The summed E-state index contributed by atoms with van der Waals surface area (Å²) in [5.74, 6) is -0.227. The minimum absolute atomic E-state index is 0.134. The van der Waals surface area contributed by atoms with E-state index in [1.54, 1.807) is 42.5 Å². The molecule has 0 bridgehead atoms. The number of hydrogen-bond acceptors (Lipinski definition) is 7. The summed E-state index contributed by atoms with van der Waals surface area (Å²) in [6.07, 6.45) is 3.59. The molecule has 8 heteroatoms. The van der Waals surface area contributed by atoms with Gasteiger partial charge in [0.05, 0.1) is 31.4 Å². The third kappa shape index (κ3) is 6.66. The van der Waals surface area contributed by atoms with E-state index in [4.69, 9.17) is 9.47 Å². The molecule has 3 aromatic rings. The lowest BCUT2D eigenvalue weighted by Crippen LogP contribution is -2.13. The summed E-state index contributed by atoms with van der Waals surface area (Å²) in [7, 11) is 2.77. The molecular weight excluding hydrogens is 482 g/mol. The summed E-state index contributed by atoms with van der Waals surface area (Å²) < 4.78 is 16.3. The van der Waals surface area contributed by atoms with Gasteiger partial charge in [-0.2, -0.15) is 10.5 Å². The molecule has 0 aliphatic heterocycles. The molecule has 190 valence electrons. The standard InChI is InChI=1S/C30H25N3O5/c1-4-7-22-14-20(16-27(36-2)28(22)38-19-24-9-6-5-8-23(24)17-31)15-25(18-32)29(34)33-26-12-10-21(11-13-26)30(35)37-3/h4-6,8-16H,1,7,19H2,2-3H3,(H,33,34)/b25-15+. The number of esters is 1. The Balaban J connectivity index is 1.88. The van der Waals surface area contributed by atoms with E-state index < -0.39 is 11.9 Å². The van der Waals surface area contributed by atoms with E-state index in [1.807, 2.05) is 18.2 Å². The van der Waals surface area contributed by atoms with E-state index in [-0.39, 0.29) is 12.2 Å². The molecule has 0 unspecified atom stereocenters. The average molecular weight is 508 g/mol. The normalized spacial score (nSPS) is 10.5. The Morgan fingerprint density at radius 2 is 1.76 bits per heavy atom. The van der Waals surface area contributed by atoms with Gasteiger partial charge in [0.1, 0.15) is 18.2 Å². The number of amides is 1. The van der Waals surface area contributed by atoms with Gasteiger partial charge in [-0.05, 0) is 60.5 Å². The van der Waals surface area contributed by atoms with Crippen molar-refractivity contribution in [2.75, 3.05) is 19.5 Å². The first kappa shape index (κ1) is 27.3. The van der Waals surface area contributed by atoms with Gasteiger partial charge in [-0.15, -0.1) is 6.58 Å². The Hall–Kier alpha value is -5.34. The van der Waals surface area contributed by atoms with Gasteiger partial charge in [0.15, 0.2) is 11.5 Å². The molecule has 3 rings (SSSR count). The largest absolute Gasteiger partial charge is 0.493 e. The molecule has 0 atom stereocenters. The molecule has 0 radical (unpaired) electrons. The zero-order chi connectivity index (χ0) is 27.5. The number of allylic oxidation sites excluding steroid dienone is 1. The highest BCUT2D eigenvalue weighted by atomic mass is 16.5. The van der Waals surface area contributed by atoms with E-state index in [2.05, 4.69) is 22.7 Å². The number of methoxy groups -OCH3 is 2. The van der Waals surface area contributed by atoms with Crippen LogP contribution in [0.25, 0.3) is 6.08 Å². The van der Waals surface area contributed by atoms with E-state index >= 15 is 0 Å². The smallest absolute Gasteiger partial charge is 0.337 e. The van der Waals surface area contributed by atoms with E-state index in [0.29, 0.717) is 40.3 Å². The molecule has 0 saturated carbocycles. The van der Waals surface area contributed by atoms with E-state index in [9.17, 15) is 20.1 Å². The van der Waals surface area contributed by atoms with Crippen molar-refractivity contribution >= 4 is 23.6 Å². The minimum atomic E-state index is -0.615. The van der Waals surface area contributed by atoms with Crippen molar-refractivity contribution in [3.8, 4) is 23.6 Å². The van der Waals surface area contributed by atoms with E-state index in [0.717, 1.165) is 11.1 Å². The van der Waals surface area contributed by atoms with Crippen molar-refractivity contribution in [3.05, 3.63) is 107 Å². The van der Waals surface area contributed by atoms with Gasteiger partial charge in [0, 0.05) is 16.8 Å². The minimum Gasteiger partial charge on any atom is -0.493 e. The number of benzene rings is 3. The highest BCUT2D eigenvalue weighted by Crippen LogP contribution is 2.35. The highest BCUT2D eigenvalue weighted by molar-refractivity contribution is 6.09. The molecule has 38 heavy (non-hydrogen) atoms. The van der Waals surface area contributed by atoms with Crippen LogP contribution in [0.15, 0.2) is 78.9 Å². The van der Waals surface area contributed by atoms with Crippen LogP contribution < -0.4 is 14.8 Å². The van der Waals surface area contributed by atoms with Crippen LogP contribution in [0.2, 0.25) is 0 Å². The Morgan fingerprint density at radius 1 is 1.03 bits per heavy atom. The van der Waals surface area contributed by atoms with Crippen molar-refractivity contribution in [3.63, 3.8) is 0 Å². The van der Waals surface area contributed by atoms with Crippen LogP contribution in [0.4, 0.5) is 5.69 Å². The number of carbonyl (C=O) groups excluding carboxylic acids is 2. The van der Waals surface area contributed by atoms with Crippen molar-refractivity contribution < 1.29 is 23.8 Å². The van der Waals surface area contributed by atoms with Gasteiger partial charge in [0.25, 0.3) is 5.91 Å². The van der Waals surface area contributed by atoms with Gasteiger partial charge in [0.2, 0.25) is 0 Å². The second-order valence-corrected chi connectivity index (χ2v) is 7.95. The number of nitrogens with zero attached hydrogens (tertiary/aromatic N) is 2. The predicted molar refractivity (Wildman–Crippen MR) is 142 cm³/mol. The molecule has 1 amide bonds. The van der Waals surface area contributed by atoms with Gasteiger partial charge in [-0.25, -0.2) is 4.79 Å². The molecular formula is C30H25N3O5. The zero-order valence-corrected chi connectivity index (χ0v) is 21.0. The number of ether oxygens (including phenoxy) is 3. The van der Waals surface area contributed by atoms with Crippen LogP contribution in [0.3, 0.4) is 0 Å². The van der Waals surface area contributed by atoms with Crippen LogP contribution in [-0.2, 0) is 22.6 Å². The van der Waals surface area contributed by atoms with Crippen molar-refractivity contribution in [1.29, 1.82) is 10.5 Å². The molecule has 3 aromatic carbocycles. The molecule has 0 spiro atoms. The fraction of sp³-hybridized carbons (Fsp3) is 0.133. The number of hydrogen-bond donors (Lipinski definition) is 1. The van der Waals surface area contributed by atoms with Crippen LogP contribution in [0.1, 0.15) is 32.6 Å². The van der Waals surface area contributed by atoms with Crippen molar-refractivity contribution in [2.45, 2.75) is 13.0 Å². The lowest BCUT2D eigenvalue weighted by Gasteiger charge is -2.16. The molecule has 0 fully saturated rings. The monoisotopic (exact) mass is 507 g/mol. The topological polar surface area (TPSA) is 121 Å². The van der Waals surface area contributed by atoms with Crippen LogP contribution in [0, 0.1) is 22.7 Å². The first-order chi connectivity index (χ1) is 18.4. The van der Waals surface area contributed by atoms with Gasteiger partial charge < -0.3 is 19.5 Å². The molecule has 0 aromatic heterocycles. The van der Waals surface area contributed by atoms with Crippen molar-refractivity contribution in [1.82, 2.24) is 0 Å². The Bertz CT molecular complexity index is 1460. The molecule has 1 N–H and O–H groups in total. The number of nitriles is 2. The molecule has 0 heterocycles. The lowest BCUT2D eigenvalue weighted by molar-refractivity contribution is -0.112. The maximum absolute atomic E-state index is 12.8. The number of rotatable bonds is 10. The first-order valence-corrected chi connectivity index (χ1v) is 11.5. The van der Waals surface area contributed by atoms with Crippen molar-refractivity contribution in [2.24, 2.45) is 0 Å². The first-order valence-electron chi connectivity index (χ1n) is 11.5. The second kappa shape index (κ2) is 13.1. The Morgan fingerprint density at radius 3 is 2.39 bits per heavy atom. The molecule has 0 saturated heterocycles. The SMILES string of the molecule is C=CCc1cc(/C=C(\C#N)C(=O)Nc2ccc(C(=O)OC)cc2)cc(OC)c1OCc1ccccc1C#N. The fourth-order valence-electron chi connectivity index (χ4n) is 3.62. The van der Waals surface area contributed by atoms with Gasteiger partial charge in [-0.1, -0.05) is 24.3 Å². The fourth-order valence-corrected chi connectivity index (χ4v) is 3.62. The second-order valence-electron chi connectivity index (χ2n) is 7.95. The Labute approximate surface area is 221 Å². The van der Waals surface area contributed by atoms with Gasteiger partial charge >= 0.3 is 5.97 Å². The molecule has 0 aliphatic rings. The Kier molecular flexibility index (Phi) is 9.40. The molecule has 8 nitrogen and oxygen atoms in total. The zero-order valence-electron chi connectivity index (χ0n) is 21.0. The third-order valence-electron chi connectivity index (χ3n) is 5.49. The van der Waals surface area contributed by atoms with E-state index in [1.165, 1.54) is 32.4 Å². The number of anilines is 1. The number of carbonyl (C=O) groups is 2. The summed E-state index contributed by atoms with van der Waals surface area (Å²) in [5.41, 5.74) is 3.14. The quantitative estimate of drug-likeness (QED) is 0.173. The van der Waals surface area contributed by atoms with Crippen LogP contribution in [0.5, 0.6) is 11.5 Å². The lowest BCUT2D eigenvalue weighted by atomic mass is 10.0. The maximum Gasteiger partial charge on any atom is 0.337 e. The average Bonchev–Trinajstić information content (AvgIpc) is 2.95. The predicted octanol–water partition coefficient (Wildman–Crippen LogP) is 5.21. The number of nitrogens with one attached hydrogen (secondary N) is 1.